The molecule has 2 heterocycles. The molecule has 0 spiro atoms. The van der Waals surface area contributed by atoms with Crippen molar-refractivity contribution in [3.05, 3.63) is 95.1 Å². The maximum Gasteiger partial charge on any atom is 0.261 e. The molecule has 6 heteroatoms. The van der Waals surface area contributed by atoms with Crippen molar-refractivity contribution in [2.24, 2.45) is 0 Å². The lowest BCUT2D eigenvalue weighted by Gasteiger charge is -2.30. The van der Waals surface area contributed by atoms with Gasteiger partial charge in [0.1, 0.15) is 0 Å². The maximum atomic E-state index is 13.8. The fraction of sp³-hybridized carbons (Fsp3) is 0.0588. The molecule has 2 aliphatic heterocycles. The van der Waals surface area contributed by atoms with E-state index in [1.54, 1.807) is 19.2 Å². The minimum absolute atomic E-state index is 0.322. The number of nitrogens with zero attached hydrogens (tertiary/aromatic N) is 2. The van der Waals surface area contributed by atoms with Crippen LogP contribution in [-0.2, 0) is 0 Å². The Kier molecular flexibility index (Phi) is 3.66. The molecule has 0 bridgehead atoms. The van der Waals surface area contributed by atoms with Gasteiger partial charge in [0.05, 0.1) is 11.1 Å². The molecule has 0 N–H and O–H groups in total. The summed E-state index contributed by atoms with van der Waals surface area (Å²) in [5, 5.41) is 9.95. The third-order valence-corrected chi connectivity index (χ3v) is 8.99. The first-order valence-electron chi connectivity index (χ1n) is 13.1. The van der Waals surface area contributed by atoms with Crippen LogP contribution in [0.3, 0.4) is 0 Å². The van der Waals surface area contributed by atoms with Gasteiger partial charge in [-0.1, -0.05) is 60.7 Å². The fourth-order valence-electron chi connectivity index (χ4n) is 7.28. The predicted octanol–water partition coefficient (Wildman–Crippen LogP) is 6.50. The second kappa shape index (κ2) is 6.79. The van der Waals surface area contributed by atoms with E-state index < -0.39 is 0 Å². The zero-order valence-corrected chi connectivity index (χ0v) is 21.5. The van der Waals surface area contributed by atoms with Gasteiger partial charge in [-0.25, -0.2) is 0 Å². The molecule has 2 aliphatic rings. The summed E-state index contributed by atoms with van der Waals surface area (Å²) >= 11 is 0. The molecule has 0 aliphatic carbocycles. The highest BCUT2D eigenvalue weighted by molar-refractivity contribution is 6.49. The quantitative estimate of drug-likeness (QED) is 0.131. The number of carbonyl (C=O) groups excluding carboxylic acids is 4. The van der Waals surface area contributed by atoms with Crippen molar-refractivity contribution in [3.63, 3.8) is 0 Å². The molecule has 40 heavy (non-hydrogen) atoms. The third kappa shape index (κ3) is 2.17. The van der Waals surface area contributed by atoms with Gasteiger partial charge < -0.3 is 0 Å². The fourth-order valence-corrected chi connectivity index (χ4v) is 7.28. The summed E-state index contributed by atoms with van der Waals surface area (Å²) in [4.78, 5) is 56.5. The van der Waals surface area contributed by atoms with Crippen LogP contribution in [0, 0.1) is 0 Å². The first-order valence-corrected chi connectivity index (χ1v) is 13.1. The highest BCUT2D eigenvalue weighted by atomic mass is 16.2. The molecule has 0 radical (unpaired) electrons. The van der Waals surface area contributed by atoms with E-state index in [0.29, 0.717) is 33.0 Å². The number of fused-ring (bicyclic) bond motifs is 8. The van der Waals surface area contributed by atoms with Gasteiger partial charge in [0.2, 0.25) is 0 Å². The summed E-state index contributed by atoms with van der Waals surface area (Å²) < 4.78 is 0. The van der Waals surface area contributed by atoms with Gasteiger partial charge in [-0.2, -0.15) is 0 Å². The molecule has 0 unspecified atom stereocenters. The summed E-state index contributed by atoms with van der Waals surface area (Å²) in [5.74, 6) is -1.30. The summed E-state index contributed by atoms with van der Waals surface area (Å²) in [6.45, 7) is 0. The molecule has 7 aromatic carbocycles. The first kappa shape index (κ1) is 21.6. The highest BCUT2D eigenvalue weighted by Crippen LogP contribution is 2.51. The number of rotatable bonds is 0. The Morgan fingerprint density at radius 2 is 0.775 bits per heavy atom. The van der Waals surface area contributed by atoms with Crippen LogP contribution in [0.2, 0.25) is 0 Å². The van der Waals surface area contributed by atoms with Gasteiger partial charge >= 0.3 is 0 Å². The van der Waals surface area contributed by atoms with Crippen LogP contribution in [-0.4, -0.2) is 47.5 Å². The summed E-state index contributed by atoms with van der Waals surface area (Å²) in [5.41, 5.74) is 2.04. The molecule has 4 amide bonds. The molecule has 0 aromatic heterocycles. The predicted molar refractivity (Wildman–Crippen MR) is 156 cm³/mol. The Bertz CT molecular complexity index is 2280. The molecule has 0 fully saturated rings. The third-order valence-electron chi connectivity index (χ3n) is 8.99. The van der Waals surface area contributed by atoms with E-state index in [0.717, 1.165) is 53.9 Å². The lowest BCUT2D eigenvalue weighted by Crippen LogP contribution is -2.37. The average molecular weight is 519 g/mol. The number of benzene rings is 7. The van der Waals surface area contributed by atoms with Crippen molar-refractivity contribution >= 4 is 88.3 Å². The van der Waals surface area contributed by atoms with Crippen molar-refractivity contribution in [2.45, 2.75) is 0 Å². The van der Waals surface area contributed by atoms with Crippen LogP contribution >= 0.6 is 0 Å². The molecule has 0 saturated heterocycles. The van der Waals surface area contributed by atoms with E-state index in [9.17, 15) is 19.2 Å². The van der Waals surface area contributed by atoms with Crippen LogP contribution in [0.15, 0.2) is 72.8 Å². The Labute approximate surface area is 226 Å². The second-order valence-corrected chi connectivity index (χ2v) is 10.8. The van der Waals surface area contributed by atoms with Gasteiger partial charge in [0.25, 0.3) is 23.6 Å². The van der Waals surface area contributed by atoms with E-state index >= 15 is 0 Å². The number of hydrogen-bond acceptors (Lipinski definition) is 4. The summed E-state index contributed by atoms with van der Waals surface area (Å²) in [7, 11) is 3.05. The lowest BCUT2D eigenvalue weighted by molar-refractivity contribution is 0.0636. The van der Waals surface area contributed by atoms with E-state index in [4.69, 9.17) is 0 Å². The van der Waals surface area contributed by atoms with E-state index in [1.165, 1.54) is 16.8 Å². The minimum atomic E-state index is -0.328. The smallest absolute Gasteiger partial charge is 0.261 e. The van der Waals surface area contributed by atoms with Crippen LogP contribution < -0.4 is 0 Å². The second-order valence-electron chi connectivity index (χ2n) is 10.8. The largest absolute Gasteiger partial charge is 0.277 e. The van der Waals surface area contributed by atoms with Gasteiger partial charge in [-0.05, 0) is 60.6 Å². The Morgan fingerprint density at radius 1 is 0.375 bits per heavy atom. The number of imide groups is 2. The molecule has 9 rings (SSSR count). The molecule has 188 valence electrons. The van der Waals surface area contributed by atoms with Crippen LogP contribution in [0.4, 0.5) is 0 Å². The Hall–Kier alpha value is -5.36. The zero-order valence-electron chi connectivity index (χ0n) is 21.5. The number of hydrogen-bond donors (Lipinski definition) is 0. The average Bonchev–Trinajstić information content (AvgIpc) is 2.98. The van der Waals surface area contributed by atoms with E-state index in [-0.39, 0.29) is 23.6 Å². The normalized spacial score (nSPS) is 15.3. The van der Waals surface area contributed by atoms with Crippen molar-refractivity contribution in [1.82, 2.24) is 9.80 Å². The Balaban J connectivity index is 1.72. The topological polar surface area (TPSA) is 74.8 Å². The molecular formula is C34H18N2O4. The first-order chi connectivity index (χ1) is 19.4. The SMILES string of the molecule is CN1C(=O)c2ccc3c4c2c(ccc4c2c4ccccc4c4c5c(c6ccccc6c3c52)C(=O)N(C)C4=O)C1=O. The van der Waals surface area contributed by atoms with Crippen molar-refractivity contribution in [2.75, 3.05) is 14.1 Å². The molecule has 0 atom stereocenters. The zero-order chi connectivity index (χ0) is 27.2. The summed E-state index contributed by atoms with van der Waals surface area (Å²) in [6.07, 6.45) is 0. The molecule has 0 saturated carbocycles. The minimum Gasteiger partial charge on any atom is -0.277 e. The monoisotopic (exact) mass is 518 g/mol. The van der Waals surface area contributed by atoms with Crippen LogP contribution in [0.5, 0.6) is 0 Å². The van der Waals surface area contributed by atoms with Crippen LogP contribution in [0.1, 0.15) is 41.4 Å². The van der Waals surface area contributed by atoms with Gasteiger partial charge in [-0.3, -0.25) is 29.0 Å². The number of amides is 4. The Morgan fingerprint density at radius 3 is 1.25 bits per heavy atom. The van der Waals surface area contributed by atoms with E-state index in [2.05, 4.69) is 0 Å². The molecular weight excluding hydrogens is 500 g/mol. The van der Waals surface area contributed by atoms with Gasteiger partial charge in [0.15, 0.2) is 0 Å². The maximum absolute atomic E-state index is 13.8. The molecule has 7 aromatic rings. The summed E-state index contributed by atoms with van der Waals surface area (Å²) in [6, 6.07) is 23.1. The van der Waals surface area contributed by atoms with Gasteiger partial charge in [-0.15, -0.1) is 0 Å². The number of carbonyl (C=O) groups is 4. The standard InChI is InChI=1S/C34H18N2O4/c1-35-31(37)21-13-11-19-23-15-7-3-5-9-17(15)27-30-28(34(40)36(2)33(27)39)18-10-6-4-8-16(18)24(29(23)30)20-12-14-22(32(35)38)26(21)25(19)20/h3-14H,1-2H3. The van der Waals surface area contributed by atoms with Crippen molar-refractivity contribution in [3.8, 4) is 0 Å². The van der Waals surface area contributed by atoms with E-state index in [1.807, 2.05) is 60.7 Å². The molecule has 6 nitrogen and oxygen atoms in total. The lowest BCUT2D eigenvalue weighted by atomic mass is 9.78. The van der Waals surface area contributed by atoms with Crippen molar-refractivity contribution in [1.29, 1.82) is 0 Å². The van der Waals surface area contributed by atoms with Crippen LogP contribution in [0.25, 0.3) is 64.6 Å². The van der Waals surface area contributed by atoms with Gasteiger partial charge in [0, 0.05) is 41.4 Å². The highest BCUT2D eigenvalue weighted by Gasteiger charge is 2.37. The van der Waals surface area contributed by atoms with Crippen molar-refractivity contribution < 1.29 is 19.2 Å².